The van der Waals surface area contributed by atoms with Gasteiger partial charge in [-0.3, -0.25) is 14.5 Å². The zero-order valence-electron chi connectivity index (χ0n) is 19.0. The Kier molecular flexibility index (Phi) is 6.53. The summed E-state index contributed by atoms with van der Waals surface area (Å²) in [6, 6.07) is 11.3. The van der Waals surface area contributed by atoms with Gasteiger partial charge in [-0.2, -0.15) is 0 Å². The molecule has 0 atom stereocenters. The van der Waals surface area contributed by atoms with Crippen molar-refractivity contribution in [1.82, 2.24) is 24.7 Å². The Morgan fingerprint density at radius 1 is 0.970 bits per heavy atom. The van der Waals surface area contributed by atoms with Gasteiger partial charge < -0.3 is 15.1 Å². The lowest BCUT2D eigenvalue weighted by atomic mass is 9.95. The molecule has 8 heteroatoms. The van der Waals surface area contributed by atoms with E-state index in [0.29, 0.717) is 17.6 Å². The standard InChI is InChI=1S/C25H32N6O2/c32-18-29-10-6-21(7-11-29)28-24-15-23(26-17-27-24)25(33)30-13-8-22(9-14-30)31-12-5-19-3-1-2-4-20(19)16-31/h1-4,15,17-18,21-22H,5-14,16H2,(H,26,27,28). The third-order valence-electron chi connectivity index (χ3n) is 7.35. The molecule has 3 aliphatic heterocycles. The molecule has 33 heavy (non-hydrogen) atoms. The van der Waals surface area contributed by atoms with Crippen molar-refractivity contribution in [2.45, 2.75) is 50.7 Å². The van der Waals surface area contributed by atoms with E-state index in [1.165, 1.54) is 17.5 Å². The van der Waals surface area contributed by atoms with Gasteiger partial charge in [0.2, 0.25) is 6.41 Å². The van der Waals surface area contributed by atoms with Crippen LogP contribution >= 0.6 is 0 Å². The summed E-state index contributed by atoms with van der Waals surface area (Å²) < 4.78 is 0. The van der Waals surface area contributed by atoms with Crippen LogP contribution in [0.1, 0.15) is 47.3 Å². The minimum atomic E-state index is -0.0151. The Hall–Kier alpha value is -3.00. The van der Waals surface area contributed by atoms with Crippen LogP contribution in [-0.4, -0.2) is 81.8 Å². The molecule has 2 saturated heterocycles. The number of amides is 2. The highest BCUT2D eigenvalue weighted by molar-refractivity contribution is 5.93. The molecule has 2 aromatic rings. The second kappa shape index (κ2) is 9.87. The fourth-order valence-corrected chi connectivity index (χ4v) is 5.34. The number of rotatable bonds is 5. The number of nitrogens with zero attached hydrogens (tertiary/aromatic N) is 5. The van der Waals surface area contributed by atoms with Gasteiger partial charge in [-0.05, 0) is 43.2 Å². The molecule has 3 aliphatic rings. The van der Waals surface area contributed by atoms with Gasteiger partial charge in [0.15, 0.2) is 0 Å². The summed E-state index contributed by atoms with van der Waals surface area (Å²) in [5.41, 5.74) is 3.37. The second-order valence-corrected chi connectivity index (χ2v) is 9.36. The van der Waals surface area contributed by atoms with Crippen LogP contribution in [0.3, 0.4) is 0 Å². The number of nitrogens with one attached hydrogen (secondary N) is 1. The monoisotopic (exact) mass is 448 g/mol. The van der Waals surface area contributed by atoms with Crippen LogP contribution in [-0.2, 0) is 17.8 Å². The minimum absolute atomic E-state index is 0.0151. The molecule has 1 aromatic heterocycles. The van der Waals surface area contributed by atoms with E-state index in [-0.39, 0.29) is 11.9 Å². The highest BCUT2D eigenvalue weighted by Gasteiger charge is 2.30. The number of likely N-dealkylation sites (tertiary alicyclic amines) is 2. The van der Waals surface area contributed by atoms with Crippen LogP contribution in [0.5, 0.6) is 0 Å². The molecule has 0 spiro atoms. The van der Waals surface area contributed by atoms with Crippen molar-refractivity contribution < 1.29 is 9.59 Å². The molecule has 2 fully saturated rings. The van der Waals surface area contributed by atoms with Crippen molar-refractivity contribution in [3.05, 3.63) is 53.5 Å². The zero-order chi connectivity index (χ0) is 22.6. The first-order valence-electron chi connectivity index (χ1n) is 12.1. The van der Waals surface area contributed by atoms with Crippen molar-refractivity contribution in [3.8, 4) is 0 Å². The fraction of sp³-hybridized carbons (Fsp3) is 0.520. The molecule has 0 unspecified atom stereocenters. The average Bonchev–Trinajstić information content (AvgIpc) is 2.89. The maximum absolute atomic E-state index is 13.1. The molecule has 5 rings (SSSR count). The lowest BCUT2D eigenvalue weighted by Gasteiger charge is -2.40. The van der Waals surface area contributed by atoms with E-state index in [1.807, 2.05) is 4.90 Å². The van der Waals surface area contributed by atoms with Crippen molar-refractivity contribution in [1.29, 1.82) is 0 Å². The number of carbonyl (C=O) groups excluding carboxylic acids is 2. The van der Waals surface area contributed by atoms with E-state index in [1.54, 1.807) is 11.0 Å². The number of aromatic nitrogens is 2. The topological polar surface area (TPSA) is 81.7 Å². The lowest BCUT2D eigenvalue weighted by molar-refractivity contribution is -0.118. The van der Waals surface area contributed by atoms with Gasteiger partial charge in [0, 0.05) is 57.4 Å². The number of anilines is 1. The maximum Gasteiger partial charge on any atom is 0.272 e. The zero-order valence-corrected chi connectivity index (χ0v) is 19.0. The number of hydrogen-bond acceptors (Lipinski definition) is 6. The number of piperidine rings is 2. The molecule has 0 aliphatic carbocycles. The van der Waals surface area contributed by atoms with Crippen molar-refractivity contribution in [2.24, 2.45) is 0 Å². The first-order chi connectivity index (χ1) is 16.2. The van der Waals surface area contributed by atoms with Crippen molar-refractivity contribution in [2.75, 3.05) is 38.0 Å². The molecule has 1 N–H and O–H groups in total. The third-order valence-corrected chi connectivity index (χ3v) is 7.35. The van der Waals surface area contributed by atoms with Crippen LogP contribution in [0, 0.1) is 0 Å². The number of hydrogen-bond donors (Lipinski definition) is 1. The van der Waals surface area contributed by atoms with Crippen LogP contribution in [0.25, 0.3) is 0 Å². The first-order valence-corrected chi connectivity index (χ1v) is 12.1. The summed E-state index contributed by atoms with van der Waals surface area (Å²) in [6.07, 6.45) is 7.24. The van der Waals surface area contributed by atoms with Gasteiger partial charge >= 0.3 is 0 Å². The summed E-state index contributed by atoms with van der Waals surface area (Å²) in [4.78, 5) is 38.9. The largest absolute Gasteiger partial charge is 0.367 e. The van der Waals surface area contributed by atoms with E-state index < -0.39 is 0 Å². The summed E-state index contributed by atoms with van der Waals surface area (Å²) in [5, 5.41) is 3.41. The molecule has 8 nitrogen and oxygen atoms in total. The van der Waals surface area contributed by atoms with Crippen LogP contribution < -0.4 is 5.32 Å². The Morgan fingerprint density at radius 2 is 1.73 bits per heavy atom. The predicted molar refractivity (Wildman–Crippen MR) is 126 cm³/mol. The highest BCUT2D eigenvalue weighted by atomic mass is 16.2. The molecule has 0 radical (unpaired) electrons. The van der Waals surface area contributed by atoms with Crippen LogP contribution in [0.15, 0.2) is 36.7 Å². The molecule has 1 aromatic carbocycles. The number of benzene rings is 1. The molecular formula is C25H32N6O2. The Morgan fingerprint density at radius 3 is 2.48 bits per heavy atom. The lowest BCUT2D eigenvalue weighted by Crippen LogP contribution is -2.48. The summed E-state index contributed by atoms with van der Waals surface area (Å²) >= 11 is 0. The normalized spacial score (nSPS) is 20.4. The summed E-state index contributed by atoms with van der Waals surface area (Å²) in [6.45, 7) is 5.13. The Balaban J connectivity index is 1.14. The van der Waals surface area contributed by atoms with Crippen LogP contribution in [0.2, 0.25) is 0 Å². The van der Waals surface area contributed by atoms with Gasteiger partial charge in [0.05, 0.1) is 0 Å². The van der Waals surface area contributed by atoms with E-state index >= 15 is 0 Å². The minimum Gasteiger partial charge on any atom is -0.367 e. The molecule has 4 heterocycles. The molecular weight excluding hydrogens is 416 g/mol. The van der Waals surface area contributed by atoms with E-state index in [4.69, 9.17) is 0 Å². The molecule has 174 valence electrons. The van der Waals surface area contributed by atoms with E-state index in [2.05, 4.69) is 44.5 Å². The maximum atomic E-state index is 13.1. The van der Waals surface area contributed by atoms with Gasteiger partial charge in [-0.25, -0.2) is 9.97 Å². The van der Waals surface area contributed by atoms with Gasteiger partial charge in [0.1, 0.15) is 17.8 Å². The SMILES string of the molecule is O=CN1CCC(Nc2cc(C(=O)N3CCC(N4CCc5ccccc5C4)CC3)ncn2)CC1. The fourth-order valence-electron chi connectivity index (χ4n) is 5.34. The average molecular weight is 449 g/mol. The van der Waals surface area contributed by atoms with Gasteiger partial charge in [-0.1, -0.05) is 24.3 Å². The number of carbonyl (C=O) groups is 2. The van der Waals surface area contributed by atoms with E-state index in [9.17, 15) is 9.59 Å². The Labute approximate surface area is 195 Å². The summed E-state index contributed by atoms with van der Waals surface area (Å²) in [5.74, 6) is 0.665. The summed E-state index contributed by atoms with van der Waals surface area (Å²) in [7, 11) is 0. The molecule has 0 saturated carbocycles. The smallest absolute Gasteiger partial charge is 0.272 e. The predicted octanol–water partition coefficient (Wildman–Crippen LogP) is 2.17. The highest BCUT2D eigenvalue weighted by Crippen LogP contribution is 2.25. The second-order valence-electron chi connectivity index (χ2n) is 9.36. The quantitative estimate of drug-likeness (QED) is 0.706. The van der Waals surface area contributed by atoms with Crippen molar-refractivity contribution in [3.63, 3.8) is 0 Å². The Bertz CT molecular complexity index is 982. The molecule has 0 bridgehead atoms. The first kappa shape index (κ1) is 21.8. The third kappa shape index (κ3) is 5.00. The van der Waals surface area contributed by atoms with Gasteiger partial charge in [-0.15, -0.1) is 0 Å². The van der Waals surface area contributed by atoms with Gasteiger partial charge in [0.25, 0.3) is 5.91 Å². The van der Waals surface area contributed by atoms with Crippen molar-refractivity contribution >= 4 is 18.1 Å². The molecule has 2 amide bonds. The van der Waals surface area contributed by atoms with E-state index in [0.717, 1.165) is 77.8 Å². The van der Waals surface area contributed by atoms with Crippen LogP contribution in [0.4, 0.5) is 5.82 Å². The number of fused-ring (bicyclic) bond motifs is 1.